The van der Waals surface area contributed by atoms with Gasteiger partial charge in [0, 0.05) is 12.5 Å². The highest BCUT2D eigenvalue weighted by Crippen LogP contribution is 2.16. The normalized spacial score (nSPS) is 20.2. The Bertz CT molecular complexity index is 155. The Balaban J connectivity index is 2.20. The van der Waals surface area contributed by atoms with Crippen LogP contribution in [0.1, 0.15) is 13.8 Å². The lowest BCUT2D eigenvalue weighted by atomic mass is 9.86. The van der Waals surface area contributed by atoms with Gasteiger partial charge in [-0.3, -0.25) is 4.79 Å². The third-order valence-electron chi connectivity index (χ3n) is 2.48. The maximum atomic E-state index is 11.4. The van der Waals surface area contributed by atoms with Crippen molar-refractivity contribution in [3.05, 3.63) is 0 Å². The molecule has 0 aromatic heterocycles. The standard InChI is InChI=1S/C9H17NO2/c1-3-12-6-9(11)7(2)8-4-10-5-8/h7-8,10H,3-6H2,1-2H3. The average molecular weight is 171 g/mol. The monoisotopic (exact) mass is 171 g/mol. The highest BCUT2D eigenvalue weighted by Gasteiger charge is 2.28. The van der Waals surface area contributed by atoms with Crippen molar-refractivity contribution in [2.45, 2.75) is 13.8 Å². The van der Waals surface area contributed by atoms with E-state index in [0.29, 0.717) is 12.5 Å². The van der Waals surface area contributed by atoms with Crippen LogP contribution in [0.3, 0.4) is 0 Å². The molecule has 0 spiro atoms. The number of nitrogens with one attached hydrogen (secondary N) is 1. The first-order valence-electron chi connectivity index (χ1n) is 4.57. The predicted molar refractivity (Wildman–Crippen MR) is 47.0 cm³/mol. The summed E-state index contributed by atoms with van der Waals surface area (Å²) in [6, 6.07) is 0. The molecule has 0 aromatic rings. The molecule has 1 atom stereocenters. The zero-order valence-electron chi connectivity index (χ0n) is 7.80. The minimum atomic E-state index is 0.165. The van der Waals surface area contributed by atoms with Crippen molar-refractivity contribution in [1.82, 2.24) is 5.32 Å². The molecule has 0 amide bonds. The Morgan fingerprint density at radius 3 is 2.75 bits per heavy atom. The van der Waals surface area contributed by atoms with Gasteiger partial charge in [-0.05, 0) is 25.9 Å². The van der Waals surface area contributed by atoms with Gasteiger partial charge in [-0.15, -0.1) is 0 Å². The van der Waals surface area contributed by atoms with E-state index in [1.165, 1.54) is 0 Å². The van der Waals surface area contributed by atoms with Gasteiger partial charge < -0.3 is 10.1 Å². The average Bonchev–Trinajstić information content (AvgIpc) is 1.96. The molecule has 0 saturated carbocycles. The van der Waals surface area contributed by atoms with Crippen LogP contribution in [0.15, 0.2) is 0 Å². The molecular weight excluding hydrogens is 154 g/mol. The third-order valence-corrected chi connectivity index (χ3v) is 2.48. The Hall–Kier alpha value is -0.410. The zero-order valence-corrected chi connectivity index (χ0v) is 7.80. The van der Waals surface area contributed by atoms with Crippen LogP contribution in [0.25, 0.3) is 0 Å². The van der Waals surface area contributed by atoms with Crippen molar-refractivity contribution in [2.75, 3.05) is 26.3 Å². The number of ketones is 1. The van der Waals surface area contributed by atoms with Crippen molar-refractivity contribution in [1.29, 1.82) is 0 Å². The summed E-state index contributed by atoms with van der Waals surface area (Å²) in [6.45, 7) is 6.78. The second-order valence-corrected chi connectivity index (χ2v) is 3.31. The van der Waals surface area contributed by atoms with E-state index in [-0.39, 0.29) is 18.3 Å². The molecule has 12 heavy (non-hydrogen) atoms. The largest absolute Gasteiger partial charge is 0.374 e. The van der Waals surface area contributed by atoms with E-state index in [0.717, 1.165) is 13.1 Å². The van der Waals surface area contributed by atoms with Crippen LogP contribution in [0.4, 0.5) is 0 Å². The summed E-state index contributed by atoms with van der Waals surface area (Å²) in [5, 5.41) is 3.16. The molecule has 3 heteroatoms. The topological polar surface area (TPSA) is 38.3 Å². The number of carbonyl (C=O) groups excluding carboxylic acids is 1. The lowest BCUT2D eigenvalue weighted by molar-refractivity contribution is -0.129. The molecular formula is C9H17NO2. The van der Waals surface area contributed by atoms with Gasteiger partial charge in [0.1, 0.15) is 6.61 Å². The Morgan fingerprint density at radius 1 is 1.67 bits per heavy atom. The second-order valence-electron chi connectivity index (χ2n) is 3.31. The van der Waals surface area contributed by atoms with Crippen molar-refractivity contribution in [3.8, 4) is 0 Å². The fraction of sp³-hybridized carbons (Fsp3) is 0.889. The first-order chi connectivity index (χ1) is 5.75. The summed E-state index contributed by atoms with van der Waals surface area (Å²) in [7, 11) is 0. The van der Waals surface area contributed by atoms with E-state index in [1.54, 1.807) is 0 Å². The van der Waals surface area contributed by atoms with Gasteiger partial charge in [0.2, 0.25) is 0 Å². The maximum Gasteiger partial charge on any atom is 0.161 e. The molecule has 1 rings (SSSR count). The summed E-state index contributed by atoms with van der Waals surface area (Å²) >= 11 is 0. The van der Waals surface area contributed by atoms with Crippen molar-refractivity contribution in [2.24, 2.45) is 11.8 Å². The lowest BCUT2D eigenvalue weighted by Gasteiger charge is -2.31. The number of rotatable bonds is 5. The number of carbonyl (C=O) groups is 1. The summed E-state index contributed by atoms with van der Waals surface area (Å²) in [4.78, 5) is 11.4. The van der Waals surface area contributed by atoms with Crippen molar-refractivity contribution >= 4 is 5.78 Å². The molecule has 0 bridgehead atoms. The molecule has 1 fully saturated rings. The zero-order chi connectivity index (χ0) is 8.97. The molecule has 0 aromatic carbocycles. The summed E-state index contributed by atoms with van der Waals surface area (Å²) in [5.74, 6) is 0.944. The van der Waals surface area contributed by atoms with E-state index in [9.17, 15) is 4.79 Å². The van der Waals surface area contributed by atoms with E-state index in [4.69, 9.17) is 4.74 Å². The van der Waals surface area contributed by atoms with Gasteiger partial charge in [0.05, 0.1) is 0 Å². The van der Waals surface area contributed by atoms with Gasteiger partial charge in [-0.1, -0.05) is 6.92 Å². The summed E-state index contributed by atoms with van der Waals surface area (Å²) in [6.07, 6.45) is 0. The highest BCUT2D eigenvalue weighted by molar-refractivity contribution is 5.82. The van der Waals surface area contributed by atoms with Crippen molar-refractivity contribution < 1.29 is 9.53 Å². The van der Waals surface area contributed by atoms with Gasteiger partial charge in [0.25, 0.3) is 0 Å². The van der Waals surface area contributed by atoms with Gasteiger partial charge in [-0.25, -0.2) is 0 Å². The SMILES string of the molecule is CCOCC(=O)C(C)C1CNC1. The fourth-order valence-electron chi connectivity index (χ4n) is 1.26. The molecule has 0 radical (unpaired) electrons. The lowest BCUT2D eigenvalue weighted by Crippen LogP contribution is -2.47. The van der Waals surface area contributed by atoms with Crippen LogP contribution in [0.2, 0.25) is 0 Å². The predicted octanol–water partition coefficient (Wildman–Crippen LogP) is 0.447. The molecule has 1 aliphatic rings. The van der Waals surface area contributed by atoms with Crippen LogP contribution in [0.5, 0.6) is 0 Å². The molecule has 1 aliphatic heterocycles. The van der Waals surface area contributed by atoms with Crippen LogP contribution >= 0.6 is 0 Å². The van der Waals surface area contributed by atoms with Crippen LogP contribution in [-0.2, 0) is 9.53 Å². The number of Topliss-reactive ketones (excluding diaryl/α,β-unsaturated/α-hetero) is 1. The highest BCUT2D eigenvalue weighted by atomic mass is 16.5. The quantitative estimate of drug-likeness (QED) is 0.652. The number of ether oxygens (including phenoxy) is 1. The minimum Gasteiger partial charge on any atom is -0.374 e. The smallest absolute Gasteiger partial charge is 0.161 e. The van der Waals surface area contributed by atoms with Crippen molar-refractivity contribution in [3.63, 3.8) is 0 Å². The summed E-state index contributed by atoms with van der Waals surface area (Å²) in [5.41, 5.74) is 0. The molecule has 1 unspecified atom stereocenters. The Labute approximate surface area is 73.5 Å². The van der Waals surface area contributed by atoms with Gasteiger partial charge >= 0.3 is 0 Å². The molecule has 1 N–H and O–H groups in total. The first-order valence-corrected chi connectivity index (χ1v) is 4.57. The molecule has 3 nitrogen and oxygen atoms in total. The number of hydrogen-bond acceptors (Lipinski definition) is 3. The molecule has 0 aliphatic carbocycles. The van der Waals surface area contributed by atoms with E-state index in [1.807, 2.05) is 13.8 Å². The minimum absolute atomic E-state index is 0.165. The molecule has 1 heterocycles. The fourth-order valence-corrected chi connectivity index (χ4v) is 1.26. The molecule has 70 valence electrons. The van der Waals surface area contributed by atoms with Gasteiger partial charge in [-0.2, -0.15) is 0 Å². The van der Waals surface area contributed by atoms with Gasteiger partial charge in [0.15, 0.2) is 5.78 Å². The Kier molecular flexibility index (Phi) is 3.69. The number of hydrogen-bond donors (Lipinski definition) is 1. The summed E-state index contributed by atoms with van der Waals surface area (Å²) < 4.78 is 5.07. The second kappa shape index (κ2) is 4.58. The third kappa shape index (κ3) is 2.29. The first kappa shape index (κ1) is 9.68. The van der Waals surface area contributed by atoms with Crippen LogP contribution in [0, 0.1) is 11.8 Å². The maximum absolute atomic E-state index is 11.4. The van der Waals surface area contributed by atoms with E-state index < -0.39 is 0 Å². The van der Waals surface area contributed by atoms with Crippen LogP contribution < -0.4 is 5.32 Å². The van der Waals surface area contributed by atoms with Crippen LogP contribution in [-0.4, -0.2) is 32.1 Å². The van der Waals surface area contributed by atoms with E-state index in [2.05, 4.69) is 5.32 Å². The van der Waals surface area contributed by atoms with E-state index >= 15 is 0 Å². The Morgan fingerprint density at radius 2 is 2.33 bits per heavy atom. The molecule has 1 saturated heterocycles.